The van der Waals surface area contributed by atoms with Gasteiger partial charge in [-0.05, 0) is 12.1 Å². The number of methoxy groups -OCH3 is 1. The normalized spacial score (nSPS) is 13.1. The van der Waals surface area contributed by atoms with Crippen molar-refractivity contribution in [3.8, 4) is 0 Å². The van der Waals surface area contributed by atoms with Gasteiger partial charge in [-0.3, -0.25) is 0 Å². The zero-order valence-corrected chi connectivity index (χ0v) is 12.6. The fourth-order valence-electron chi connectivity index (χ4n) is 2.13. The van der Waals surface area contributed by atoms with Crippen molar-refractivity contribution < 1.29 is 14.3 Å². The highest BCUT2D eigenvalue weighted by Gasteiger charge is 2.30. The molecule has 0 N–H and O–H groups in total. The summed E-state index contributed by atoms with van der Waals surface area (Å²) in [6.07, 6.45) is 1.45. The Bertz CT molecular complexity index is 764. The van der Waals surface area contributed by atoms with Crippen LogP contribution in [0.4, 0.5) is 5.69 Å². The molecule has 0 radical (unpaired) electrons. The second-order valence-corrected chi connectivity index (χ2v) is 5.84. The fourth-order valence-corrected chi connectivity index (χ4v) is 3.52. The molecule has 5 nitrogen and oxygen atoms in total. The van der Waals surface area contributed by atoms with Crippen molar-refractivity contribution in [3.63, 3.8) is 0 Å². The summed E-state index contributed by atoms with van der Waals surface area (Å²) in [5, 5.41) is 0.300. The Kier molecular flexibility index (Phi) is 3.65. The molecule has 106 valence electrons. The number of esters is 1. The quantitative estimate of drug-likeness (QED) is 0.456. The molecular weight excluding hydrogens is 312 g/mol. The van der Waals surface area contributed by atoms with Crippen LogP contribution in [0, 0.1) is 4.91 Å². The molecule has 0 saturated carbocycles. The van der Waals surface area contributed by atoms with Crippen LogP contribution in [0.5, 0.6) is 0 Å². The van der Waals surface area contributed by atoms with Crippen molar-refractivity contribution in [1.82, 2.24) is 4.98 Å². The summed E-state index contributed by atoms with van der Waals surface area (Å²) in [5.41, 5.74) is 1.65. The van der Waals surface area contributed by atoms with Crippen LogP contribution in [0.15, 0.2) is 40.3 Å². The van der Waals surface area contributed by atoms with Crippen molar-refractivity contribution in [1.29, 1.82) is 0 Å². The number of fused-ring (bicyclic) bond motifs is 2. The number of benzene rings is 1. The van der Waals surface area contributed by atoms with Gasteiger partial charge in [0.1, 0.15) is 11.3 Å². The number of ether oxygens (including phenoxy) is 1. The summed E-state index contributed by atoms with van der Waals surface area (Å²) in [7, 11) is 1.33. The number of nitroso groups, excluding NO2 is 1. The Balaban J connectivity index is 2.19. The fraction of sp³-hybridized carbons (Fsp3) is 0.143. The highest BCUT2D eigenvalue weighted by Crippen LogP contribution is 2.42. The number of hydrogen-bond acceptors (Lipinski definition) is 5. The molecule has 3 rings (SSSR count). The lowest BCUT2D eigenvalue weighted by Crippen LogP contribution is -2.06. The Labute approximate surface area is 129 Å². The van der Waals surface area contributed by atoms with Gasteiger partial charge < -0.3 is 4.74 Å². The molecule has 0 saturated heterocycles. The van der Waals surface area contributed by atoms with E-state index in [1.54, 1.807) is 18.2 Å². The molecule has 1 aliphatic rings. The molecule has 0 atom stereocenters. The maximum atomic E-state index is 12.2. The molecule has 0 aliphatic carbocycles. The van der Waals surface area contributed by atoms with Gasteiger partial charge in [-0.25, -0.2) is 9.78 Å². The summed E-state index contributed by atoms with van der Waals surface area (Å²) < 4.78 is 5.65. The van der Waals surface area contributed by atoms with Gasteiger partial charge in [0.25, 0.3) is 5.69 Å². The molecular formula is C14H10ClN2O3S+. The third-order valence-electron chi connectivity index (χ3n) is 3.11. The van der Waals surface area contributed by atoms with Crippen LogP contribution in [-0.4, -0.2) is 22.8 Å². The molecule has 0 spiro atoms. The Morgan fingerprint density at radius 2 is 2.29 bits per heavy atom. The third kappa shape index (κ3) is 2.52. The molecule has 1 aromatic heterocycles. The molecule has 7 heteroatoms. The number of halogens is 1. The van der Waals surface area contributed by atoms with Crippen LogP contribution in [-0.2, 0) is 11.3 Å². The van der Waals surface area contributed by atoms with Crippen molar-refractivity contribution >= 4 is 35.0 Å². The van der Waals surface area contributed by atoms with E-state index in [1.807, 2.05) is 6.07 Å². The molecule has 2 heterocycles. The lowest BCUT2D eigenvalue weighted by atomic mass is 10.1. The summed E-state index contributed by atoms with van der Waals surface area (Å²) in [6, 6.07) is 6.86. The van der Waals surface area contributed by atoms with Gasteiger partial charge >= 0.3 is 5.97 Å². The zero-order valence-electron chi connectivity index (χ0n) is 11.0. The molecule has 1 aromatic carbocycles. The summed E-state index contributed by atoms with van der Waals surface area (Å²) in [6.45, 7) is 0.142. The number of hydrogen-bond donors (Lipinski definition) is 0. The highest BCUT2D eigenvalue weighted by molar-refractivity contribution is 7.99. The largest absolute Gasteiger partial charge is 0.465 e. The lowest BCUT2D eigenvalue weighted by molar-refractivity contribution is -0.482. The van der Waals surface area contributed by atoms with Crippen LogP contribution < -0.4 is 0 Å². The second-order valence-electron chi connectivity index (χ2n) is 4.40. The lowest BCUT2D eigenvalue weighted by Gasteiger charge is -2.08. The number of carbonyl (C=O) groups is 1. The van der Waals surface area contributed by atoms with Gasteiger partial charge in [0.2, 0.25) is 6.54 Å². The van der Waals surface area contributed by atoms with E-state index in [0.29, 0.717) is 26.2 Å². The van der Waals surface area contributed by atoms with Gasteiger partial charge in [0.15, 0.2) is 0 Å². The van der Waals surface area contributed by atoms with Crippen LogP contribution in [0.3, 0.4) is 0 Å². The first-order chi connectivity index (χ1) is 10.1. The van der Waals surface area contributed by atoms with E-state index < -0.39 is 5.97 Å². The Morgan fingerprint density at radius 3 is 3.05 bits per heavy atom. The van der Waals surface area contributed by atoms with Crippen LogP contribution >= 0.6 is 23.4 Å². The van der Waals surface area contributed by atoms with E-state index in [4.69, 9.17) is 16.3 Å². The molecule has 1 aliphatic heterocycles. The Morgan fingerprint density at radius 1 is 1.48 bits per heavy atom. The number of aromatic nitrogens is 1. The predicted octanol–water partition coefficient (Wildman–Crippen LogP) is 3.60. The van der Waals surface area contributed by atoms with Crippen molar-refractivity contribution in [2.75, 3.05) is 7.11 Å². The first kappa shape index (κ1) is 14.0. The minimum absolute atomic E-state index is 0.142. The average Bonchev–Trinajstić information content (AvgIpc) is 2.61. The summed E-state index contributed by atoms with van der Waals surface area (Å²) >= 11 is 7.22. The number of carbonyl (C=O) groups excluding carboxylic acids is 1. The first-order valence-corrected chi connectivity index (χ1v) is 7.28. The molecule has 0 unspecified atom stereocenters. The Hall–Kier alpha value is -1.92. The minimum Gasteiger partial charge on any atom is -0.465 e. The smallest absolute Gasteiger partial charge is 0.339 e. The van der Waals surface area contributed by atoms with Crippen LogP contribution in [0.1, 0.15) is 15.9 Å². The molecule has 0 bridgehead atoms. The third-order valence-corrected chi connectivity index (χ3v) is 4.55. The minimum atomic E-state index is -0.430. The van der Waals surface area contributed by atoms with Crippen LogP contribution in [0.2, 0.25) is 5.15 Å². The predicted molar refractivity (Wildman–Crippen MR) is 78.1 cm³/mol. The van der Waals surface area contributed by atoms with Crippen molar-refractivity contribution in [3.05, 3.63) is 51.6 Å². The van der Waals surface area contributed by atoms with E-state index in [9.17, 15) is 9.70 Å². The average molecular weight is 322 g/mol. The van der Waals surface area contributed by atoms with E-state index in [-0.39, 0.29) is 6.54 Å². The van der Waals surface area contributed by atoms with E-state index in [2.05, 4.69) is 4.98 Å². The van der Waals surface area contributed by atoms with E-state index in [1.165, 1.54) is 25.1 Å². The molecule has 2 aromatic rings. The number of rotatable bonds is 1. The summed E-state index contributed by atoms with van der Waals surface area (Å²) in [4.78, 5) is 29.4. The van der Waals surface area contributed by atoms with Gasteiger partial charge in [-0.15, -0.1) is 0 Å². The molecule has 0 fully saturated rings. The topological polar surface area (TPSA) is 59.3 Å². The maximum Gasteiger partial charge on any atom is 0.339 e. The standard InChI is InChI=1S/C14H10ClN2O3S/c1-20-14(18)9-4-2-3-8-7-17(19)10-6-16-12(15)5-11(10)21-13(8)9/h2-6H,7H2,1H3/q+1. The van der Waals surface area contributed by atoms with Crippen LogP contribution in [0.25, 0.3) is 0 Å². The molecule has 21 heavy (non-hydrogen) atoms. The monoisotopic (exact) mass is 321 g/mol. The highest BCUT2D eigenvalue weighted by atomic mass is 35.5. The van der Waals surface area contributed by atoms with E-state index >= 15 is 0 Å². The van der Waals surface area contributed by atoms with Gasteiger partial charge in [-0.2, -0.15) is 0 Å². The van der Waals surface area contributed by atoms with Gasteiger partial charge in [0, 0.05) is 20.1 Å². The number of pyridine rings is 1. The molecule has 0 amide bonds. The maximum absolute atomic E-state index is 12.2. The van der Waals surface area contributed by atoms with Crippen molar-refractivity contribution in [2.24, 2.45) is 0 Å². The second kappa shape index (κ2) is 5.46. The summed E-state index contributed by atoms with van der Waals surface area (Å²) in [5.74, 6) is -0.430. The number of nitrogens with zero attached hydrogens (tertiary/aromatic N) is 2. The SMILES string of the molecule is COC(=O)c1cccc2c1Sc1cc(Cl)ncc1[N+](=O)C2. The van der Waals surface area contributed by atoms with Gasteiger partial charge in [-0.1, -0.05) is 35.5 Å². The van der Waals surface area contributed by atoms with Crippen molar-refractivity contribution in [2.45, 2.75) is 16.3 Å². The van der Waals surface area contributed by atoms with Gasteiger partial charge in [0.05, 0.1) is 17.6 Å². The first-order valence-electron chi connectivity index (χ1n) is 6.08. The zero-order chi connectivity index (χ0) is 15.0. The van der Waals surface area contributed by atoms with E-state index in [0.717, 1.165) is 10.3 Å².